The summed E-state index contributed by atoms with van der Waals surface area (Å²) < 4.78 is 24.8. The third kappa shape index (κ3) is 4.29. The van der Waals surface area contributed by atoms with Gasteiger partial charge >= 0.3 is 0 Å². The molecular weight excluding hydrogens is 360 g/mol. The van der Waals surface area contributed by atoms with Gasteiger partial charge in [0.25, 0.3) is 0 Å². The van der Waals surface area contributed by atoms with Crippen LogP contribution in [0.3, 0.4) is 0 Å². The van der Waals surface area contributed by atoms with E-state index in [-0.39, 0.29) is 16.9 Å². The van der Waals surface area contributed by atoms with Gasteiger partial charge in [0.1, 0.15) is 5.75 Å². The molecule has 0 spiro atoms. The number of carbonyl (C=O) groups excluding carboxylic acids is 1. The second-order valence-electron chi connectivity index (χ2n) is 7.01. The van der Waals surface area contributed by atoms with Crippen molar-refractivity contribution < 1.29 is 13.2 Å². The Morgan fingerprint density at radius 1 is 1.16 bits per heavy atom. The number of amides is 1. The molecule has 1 saturated carbocycles. The zero-order valence-corrected chi connectivity index (χ0v) is 16.2. The second-order valence-corrected chi connectivity index (χ2v) is 9.73. The molecule has 25 heavy (non-hydrogen) atoms. The minimum absolute atomic E-state index is 0.255. The number of anilines is 1. The lowest BCUT2D eigenvalue weighted by Crippen LogP contribution is -2.50. The maximum Gasteiger partial charge on any atom is 0.237 e. The molecule has 0 atom stereocenters. The van der Waals surface area contributed by atoms with E-state index in [2.05, 4.69) is 4.90 Å². The number of halogens is 1. The number of piperazine rings is 1. The van der Waals surface area contributed by atoms with Crippen LogP contribution in [0.2, 0.25) is 5.02 Å². The van der Waals surface area contributed by atoms with Gasteiger partial charge in [-0.05, 0) is 37.5 Å². The molecule has 0 bridgehead atoms. The van der Waals surface area contributed by atoms with Crippen molar-refractivity contribution in [1.29, 1.82) is 0 Å². The first-order valence-corrected chi connectivity index (χ1v) is 11.0. The van der Waals surface area contributed by atoms with E-state index < -0.39 is 9.84 Å². The van der Waals surface area contributed by atoms with Gasteiger partial charge in [0.2, 0.25) is 5.91 Å². The zero-order valence-electron chi connectivity index (χ0n) is 14.6. The molecule has 1 saturated heterocycles. The second kappa shape index (κ2) is 7.54. The molecule has 0 unspecified atom stereocenters. The van der Waals surface area contributed by atoms with Crippen molar-refractivity contribution in [3.8, 4) is 0 Å². The van der Waals surface area contributed by atoms with Crippen LogP contribution >= 0.6 is 11.6 Å². The predicted molar refractivity (Wildman–Crippen MR) is 101 cm³/mol. The number of sulfone groups is 1. The van der Waals surface area contributed by atoms with Crippen LogP contribution in [0.5, 0.6) is 0 Å². The molecule has 2 aliphatic rings. The van der Waals surface area contributed by atoms with Crippen LogP contribution in [-0.2, 0) is 14.6 Å². The molecule has 1 aromatic carbocycles. The Morgan fingerprint density at radius 2 is 1.80 bits per heavy atom. The molecule has 1 aromatic rings. The summed E-state index contributed by atoms with van der Waals surface area (Å²) in [5.41, 5.74) is 2.23. The Morgan fingerprint density at radius 3 is 2.44 bits per heavy atom. The van der Waals surface area contributed by atoms with Gasteiger partial charge < -0.3 is 9.80 Å². The zero-order chi connectivity index (χ0) is 18.0. The minimum atomic E-state index is -3.31. The Balaban J connectivity index is 1.58. The summed E-state index contributed by atoms with van der Waals surface area (Å²) in [6.45, 7) is 4.51. The quantitative estimate of drug-likeness (QED) is 0.800. The first-order valence-electron chi connectivity index (χ1n) is 8.87. The number of hydrogen-bond acceptors (Lipinski definition) is 4. The van der Waals surface area contributed by atoms with Gasteiger partial charge in [-0.2, -0.15) is 0 Å². The number of benzene rings is 1. The molecule has 0 aromatic heterocycles. The van der Waals surface area contributed by atoms with Gasteiger partial charge in [-0.25, -0.2) is 8.42 Å². The average molecular weight is 385 g/mol. The number of aryl methyl sites for hydroxylation is 1. The molecular formula is C18H25ClN2O3S. The molecule has 0 N–H and O–H groups in total. The Labute approximate surface area is 154 Å². The van der Waals surface area contributed by atoms with E-state index >= 15 is 0 Å². The van der Waals surface area contributed by atoms with Gasteiger partial charge in [0, 0.05) is 36.9 Å². The van der Waals surface area contributed by atoms with Crippen LogP contribution in [0.4, 0.5) is 5.69 Å². The number of hydrogen-bond donors (Lipinski definition) is 0. The first-order chi connectivity index (χ1) is 11.9. The largest absolute Gasteiger partial charge is 0.368 e. The SMILES string of the molecule is Cc1ccc(Cl)cc1N1CCN(C(=O)CS(=O)(=O)C2CCCC2)CC1. The van der Waals surface area contributed by atoms with Crippen molar-refractivity contribution in [1.82, 2.24) is 4.90 Å². The summed E-state index contributed by atoms with van der Waals surface area (Å²) in [6.07, 6.45) is 3.32. The topological polar surface area (TPSA) is 57.7 Å². The van der Waals surface area contributed by atoms with Crippen molar-refractivity contribution in [2.24, 2.45) is 0 Å². The van der Waals surface area contributed by atoms with E-state index in [1.807, 2.05) is 25.1 Å². The van der Waals surface area contributed by atoms with Crippen LogP contribution in [-0.4, -0.2) is 56.4 Å². The van der Waals surface area contributed by atoms with Gasteiger partial charge in [0.15, 0.2) is 9.84 Å². The lowest BCUT2D eigenvalue weighted by molar-refractivity contribution is -0.128. The predicted octanol–water partition coefficient (Wildman–Crippen LogP) is 2.65. The Hall–Kier alpha value is -1.27. The maximum atomic E-state index is 12.4. The number of carbonyl (C=O) groups is 1. The highest BCUT2D eigenvalue weighted by Gasteiger charge is 2.33. The van der Waals surface area contributed by atoms with Gasteiger partial charge in [-0.15, -0.1) is 0 Å². The van der Waals surface area contributed by atoms with Crippen LogP contribution in [0.15, 0.2) is 18.2 Å². The van der Waals surface area contributed by atoms with Gasteiger partial charge in [0.05, 0.1) is 5.25 Å². The minimum Gasteiger partial charge on any atom is -0.368 e. The molecule has 3 rings (SSSR count). The lowest BCUT2D eigenvalue weighted by atomic mass is 10.1. The highest BCUT2D eigenvalue weighted by Crippen LogP contribution is 2.27. The highest BCUT2D eigenvalue weighted by molar-refractivity contribution is 7.92. The number of rotatable bonds is 4. The fraction of sp³-hybridized carbons (Fsp3) is 0.611. The monoisotopic (exact) mass is 384 g/mol. The summed E-state index contributed by atoms with van der Waals surface area (Å²) in [5.74, 6) is -0.595. The lowest BCUT2D eigenvalue weighted by Gasteiger charge is -2.37. The van der Waals surface area contributed by atoms with E-state index in [9.17, 15) is 13.2 Å². The summed E-state index contributed by atoms with van der Waals surface area (Å²) in [6, 6.07) is 5.80. The standard InChI is InChI=1S/C18H25ClN2O3S/c1-14-6-7-15(19)12-17(14)20-8-10-21(11-9-20)18(22)13-25(23,24)16-4-2-3-5-16/h6-7,12,16H,2-5,8-11,13H2,1H3. The summed E-state index contributed by atoms with van der Waals surface area (Å²) in [4.78, 5) is 16.3. The fourth-order valence-electron chi connectivity index (χ4n) is 3.75. The van der Waals surface area contributed by atoms with Crippen molar-refractivity contribution >= 4 is 33.0 Å². The summed E-state index contributed by atoms with van der Waals surface area (Å²) >= 11 is 6.09. The van der Waals surface area contributed by atoms with E-state index in [0.29, 0.717) is 44.0 Å². The summed E-state index contributed by atoms with van der Waals surface area (Å²) in [7, 11) is -3.31. The molecule has 1 aliphatic carbocycles. The van der Waals surface area contributed by atoms with Crippen molar-refractivity contribution in [2.45, 2.75) is 37.9 Å². The highest BCUT2D eigenvalue weighted by atomic mass is 35.5. The van der Waals surface area contributed by atoms with Crippen molar-refractivity contribution in [3.05, 3.63) is 28.8 Å². The fourth-order valence-corrected chi connectivity index (χ4v) is 5.73. The van der Waals surface area contributed by atoms with Gasteiger partial charge in [-0.1, -0.05) is 30.5 Å². The van der Waals surface area contributed by atoms with E-state index in [1.54, 1.807) is 4.90 Å². The van der Waals surface area contributed by atoms with Crippen LogP contribution in [0.1, 0.15) is 31.2 Å². The van der Waals surface area contributed by atoms with E-state index in [4.69, 9.17) is 11.6 Å². The average Bonchev–Trinajstić information content (AvgIpc) is 3.12. The smallest absolute Gasteiger partial charge is 0.237 e. The molecule has 1 amide bonds. The van der Waals surface area contributed by atoms with E-state index in [0.717, 1.165) is 24.1 Å². The third-order valence-corrected chi connectivity index (χ3v) is 7.65. The normalized spacial score (nSPS) is 19.4. The molecule has 138 valence electrons. The molecule has 1 aliphatic heterocycles. The van der Waals surface area contributed by atoms with Crippen LogP contribution in [0, 0.1) is 6.92 Å². The van der Waals surface area contributed by atoms with Crippen LogP contribution in [0.25, 0.3) is 0 Å². The molecule has 1 heterocycles. The van der Waals surface area contributed by atoms with E-state index in [1.165, 1.54) is 0 Å². The first kappa shape index (κ1) is 18.5. The van der Waals surface area contributed by atoms with Crippen molar-refractivity contribution in [2.75, 3.05) is 36.8 Å². The molecule has 7 heteroatoms. The molecule has 5 nitrogen and oxygen atoms in total. The maximum absolute atomic E-state index is 12.4. The Kier molecular flexibility index (Phi) is 5.58. The molecule has 0 radical (unpaired) electrons. The molecule has 2 fully saturated rings. The Bertz CT molecular complexity index is 737. The number of nitrogens with zero attached hydrogens (tertiary/aromatic N) is 2. The summed E-state index contributed by atoms with van der Waals surface area (Å²) in [5, 5.41) is 0.383. The van der Waals surface area contributed by atoms with Gasteiger partial charge in [-0.3, -0.25) is 4.79 Å². The third-order valence-electron chi connectivity index (χ3n) is 5.28. The van der Waals surface area contributed by atoms with Crippen LogP contribution < -0.4 is 4.90 Å². The van der Waals surface area contributed by atoms with Crippen molar-refractivity contribution in [3.63, 3.8) is 0 Å².